The summed E-state index contributed by atoms with van der Waals surface area (Å²) < 4.78 is 23.8. The second-order valence-corrected chi connectivity index (χ2v) is 11.6. The Labute approximate surface area is 242 Å². The maximum absolute atomic E-state index is 13.0. The first-order valence-corrected chi connectivity index (χ1v) is 14.2. The average molecular weight is 567 g/mol. The molecule has 9 heteroatoms. The van der Waals surface area contributed by atoms with E-state index in [1.807, 2.05) is 57.2 Å². The molecule has 2 N–H and O–H groups in total. The van der Waals surface area contributed by atoms with Crippen LogP contribution >= 0.6 is 0 Å². The van der Waals surface area contributed by atoms with Gasteiger partial charge in [0.2, 0.25) is 0 Å². The lowest BCUT2D eigenvalue weighted by Crippen LogP contribution is -2.48. The summed E-state index contributed by atoms with van der Waals surface area (Å²) in [4.78, 5) is 27.1. The number of ether oxygens (including phenoxy) is 4. The third-order valence-corrected chi connectivity index (χ3v) is 7.34. The molecule has 0 saturated carbocycles. The molecule has 0 unspecified atom stereocenters. The number of carbonyl (C=O) groups excluding carboxylic acids is 2. The molecule has 0 aromatic heterocycles. The minimum atomic E-state index is -0.664. The number of benzene rings is 2. The van der Waals surface area contributed by atoms with E-state index in [1.54, 1.807) is 12.1 Å². The fraction of sp³-hybridized carbons (Fsp3) is 0.500. The zero-order valence-electron chi connectivity index (χ0n) is 24.4. The summed E-state index contributed by atoms with van der Waals surface area (Å²) in [5.41, 5.74) is 2.65. The van der Waals surface area contributed by atoms with Gasteiger partial charge >= 0.3 is 12.1 Å². The lowest BCUT2D eigenvalue weighted by atomic mass is 9.90. The number of hydrogen-bond donors (Lipinski definition) is 2. The quantitative estimate of drug-likeness (QED) is 0.302. The summed E-state index contributed by atoms with van der Waals surface area (Å²) in [7, 11) is 0. The van der Waals surface area contributed by atoms with Crippen molar-refractivity contribution in [1.82, 2.24) is 4.90 Å². The second kappa shape index (κ2) is 13.6. The number of rotatable bonds is 9. The van der Waals surface area contributed by atoms with Gasteiger partial charge < -0.3 is 24.1 Å². The van der Waals surface area contributed by atoms with Crippen LogP contribution in [0.25, 0.3) is 0 Å². The van der Waals surface area contributed by atoms with Crippen molar-refractivity contribution in [3.05, 3.63) is 77.9 Å². The minimum absolute atomic E-state index is 0.0216. The maximum atomic E-state index is 13.0. The Kier molecular flexibility index (Phi) is 10.2. The number of carbonyl (C=O) groups is 2. The van der Waals surface area contributed by atoms with Gasteiger partial charge in [0.1, 0.15) is 18.2 Å². The minimum Gasteiger partial charge on any atom is -0.459 e. The third-order valence-electron chi connectivity index (χ3n) is 7.34. The zero-order chi connectivity index (χ0) is 29.6. The van der Waals surface area contributed by atoms with Gasteiger partial charge in [-0.15, -0.1) is 0 Å². The van der Waals surface area contributed by atoms with E-state index in [4.69, 9.17) is 18.9 Å². The van der Waals surface area contributed by atoms with Crippen molar-refractivity contribution in [2.24, 2.45) is 5.92 Å². The molecule has 2 heterocycles. The van der Waals surface area contributed by atoms with E-state index in [2.05, 4.69) is 23.7 Å². The van der Waals surface area contributed by atoms with Crippen molar-refractivity contribution in [2.45, 2.75) is 77.3 Å². The topological polar surface area (TPSA) is 107 Å². The molecule has 0 radical (unpaired) electrons. The summed E-state index contributed by atoms with van der Waals surface area (Å²) in [6, 6.07) is 14.7. The lowest BCUT2D eigenvalue weighted by molar-refractivity contribution is -0.276. The lowest BCUT2D eigenvalue weighted by Gasteiger charge is -2.43. The maximum Gasteiger partial charge on any atom is 0.411 e. The van der Waals surface area contributed by atoms with Gasteiger partial charge in [0.15, 0.2) is 6.29 Å². The highest BCUT2D eigenvalue weighted by atomic mass is 16.7. The van der Waals surface area contributed by atoms with Crippen LogP contribution in [0.2, 0.25) is 0 Å². The number of aliphatic hydroxyl groups excluding tert-OH is 1. The predicted molar refractivity (Wildman–Crippen MR) is 155 cm³/mol. The van der Waals surface area contributed by atoms with E-state index in [0.717, 1.165) is 36.1 Å². The van der Waals surface area contributed by atoms with Crippen LogP contribution in [0.1, 0.15) is 69.6 Å². The molecular weight excluding hydrogens is 524 g/mol. The Bertz CT molecular complexity index is 1180. The number of hydrogen-bond acceptors (Lipinski definition) is 8. The first-order chi connectivity index (χ1) is 19.6. The molecule has 1 amide bonds. The monoisotopic (exact) mass is 566 g/mol. The molecular formula is C32H42N2O7. The fourth-order valence-electron chi connectivity index (χ4n) is 5.25. The average Bonchev–Trinajstić information content (AvgIpc) is 3.41. The number of aliphatic hydroxyl groups is 1. The zero-order valence-corrected chi connectivity index (χ0v) is 24.4. The van der Waals surface area contributed by atoms with E-state index in [-0.39, 0.29) is 43.4 Å². The smallest absolute Gasteiger partial charge is 0.411 e. The molecule has 0 bridgehead atoms. The van der Waals surface area contributed by atoms with Gasteiger partial charge in [-0.25, -0.2) is 4.79 Å². The van der Waals surface area contributed by atoms with E-state index < -0.39 is 18.0 Å². The Morgan fingerprint density at radius 1 is 1.10 bits per heavy atom. The number of amides is 1. The Hall–Kier alpha value is -3.24. The van der Waals surface area contributed by atoms with E-state index in [0.29, 0.717) is 12.2 Å². The highest BCUT2D eigenvalue weighted by molar-refractivity contribution is 5.84. The molecule has 41 heavy (non-hydrogen) atoms. The first-order valence-electron chi connectivity index (χ1n) is 14.2. The molecule has 0 spiro atoms. The fourth-order valence-corrected chi connectivity index (χ4v) is 5.25. The van der Waals surface area contributed by atoms with Crippen LogP contribution in [-0.2, 0) is 30.3 Å². The van der Waals surface area contributed by atoms with E-state index in [9.17, 15) is 14.7 Å². The number of likely N-dealkylation sites (tertiary alicyclic amines) is 1. The van der Waals surface area contributed by atoms with Gasteiger partial charge in [0.25, 0.3) is 0 Å². The number of anilines is 1. The molecule has 2 aliphatic heterocycles. The number of esters is 1. The molecule has 2 saturated heterocycles. The van der Waals surface area contributed by atoms with Gasteiger partial charge in [-0.3, -0.25) is 15.0 Å². The van der Waals surface area contributed by atoms with Crippen molar-refractivity contribution in [1.29, 1.82) is 0 Å². The molecule has 222 valence electrons. The van der Waals surface area contributed by atoms with Gasteiger partial charge in [-0.05, 0) is 63.4 Å². The van der Waals surface area contributed by atoms with Crippen molar-refractivity contribution in [2.75, 3.05) is 25.0 Å². The summed E-state index contributed by atoms with van der Waals surface area (Å²) >= 11 is 0. The summed E-state index contributed by atoms with van der Waals surface area (Å²) in [6.45, 7) is 12.7. The van der Waals surface area contributed by atoms with Gasteiger partial charge in [0, 0.05) is 23.7 Å². The van der Waals surface area contributed by atoms with Gasteiger partial charge in [0.05, 0.1) is 18.8 Å². The molecule has 2 aliphatic rings. The van der Waals surface area contributed by atoms with E-state index >= 15 is 0 Å². The first kappa shape index (κ1) is 30.7. The highest BCUT2D eigenvalue weighted by Crippen LogP contribution is 2.42. The molecule has 0 aliphatic carbocycles. The predicted octanol–water partition coefficient (Wildman–Crippen LogP) is 5.51. The summed E-state index contributed by atoms with van der Waals surface area (Å²) in [6.07, 6.45) is 1.44. The van der Waals surface area contributed by atoms with Crippen molar-refractivity contribution in [3.8, 4) is 0 Å². The molecule has 2 aromatic rings. The summed E-state index contributed by atoms with van der Waals surface area (Å²) in [5.74, 6) is -0.219. The van der Waals surface area contributed by atoms with Crippen LogP contribution < -0.4 is 5.32 Å². The van der Waals surface area contributed by atoms with Crippen LogP contribution in [0.4, 0.5) is 10.5 Å². The Morgan fingerprint density at radius 3 is 2.41 bits per heavy atom. The van der Waals surface area contributed by atoms with Crippen molar-refractivity contribution in [3.63, 3.8) is 0 Å². The van der Waals surface area contributed by atoms with Crippen LogP contribution in [0.5, 0.6) is 0 Å². The molecule has 9 nitrogen and oxygen atoms in total. The molecule has 4 rings (SSSR count). The Balaban J connectivity index is 1.54. The van der Waals surface area contributed by atoms with Crippen molar-refractivity contribution >= 4 is 17.7 Å². The third kappa shape index (κ3) is 8.16. The van der Waals surface area contributed by atoms with Gasteiger partial charge in [-0.2, -0.15) is 0 Å². The molecule has 2 aromatic carbocycles. The van der Waals surface area contributed by atoms with Crippen molar-refractivity contribution < 1.29 is 33.6 Å². The van der Waals surface area contributed by atoms with Crippen LogP contribution in [0.3, 0.4) is 0 Å². The van der Waals surface area contributed by atoms with Crippen LogP contribution in [0, 0.1) is 5.92 Å². The van der Waals surface area contributed by atoms with Crippen LogP contribution in [-0.4, -0.2) is 59.5 Å². The second-order valence-electron chi connectivity index (χ2n) is 11.6. The highest BCUT2D eigenvalue weighted by Gasteiger charge is 2.42. The SMILES string of the molecule is C=CCOC(=O)Nc1ccc([C@@H]2O[C@H](CN3CCC[C@H]3C(=O)OC(C)(C)C)[C@H](C)[C@H](c3ccc(CO)cc3)O2)cc1. The van der Waals surface area contributed by atoms with Crippen LogP contribution in [0.15, 0.2) is 61.2 Å². The number of nitrogens with one attached hydrogen (secondary N) is 1. The number of nitrogens with zero attached hydrogens (tertiary/aromatic N) is 1. The van der Waals surface area contributed by atoms with Gasteiger partial charge in [-0.1, -0.05) is 56.0 Å². The standard InChI is InChI=1S/C32H42N2O7/c1-6-18-38-31(37)33-25-15-13-24(14-16-25)30-39-27(19-34-17-7-8-26(34)29(36)41-32(3,4)5)21(2)28(40-30)23-11-9-22(20-35)10-12-23/h6,9-16,21,26-28,30,35H,1,7-8,17-20H2,2-5H3,(H,33,37)/t21-,26-,27+,28+,30+/m0/s1. The van der Waals surface area contributed by atoms with E-state index in [1.165, 1.54) is 6.08 Å². The summed E-state index contributed by atoms with van der Waals surface area (Å²) in [5, 5.41) is 12.2. The molecule has 2 fully saturated rings. The normalized spacial score (nSPS) is 25.0. The molecule has 5 atom stereocenters. The Morgan fingerprint density at radius 2 is 1.78 bits per heavy atom. The largest absolute Gasteiger partial charge is 0.459 e.